The topological polar surface area (TPSA) is 104 Å². The van der Waals surface area contributed by atoms with Gasteiger partial charge >= 0.3 is 5.97 Å². The second kappa shape index (κ2) is 13.0. The zero-order valence-electron chi connectivity index (χ0n) is 23.6. The molecule has 0 bridgehead atoms. The molecular formula is C31H30Cl2F2N2O6S. The third kappa shape index (κ3) is 6.71. The number of anilines is 1. The van der Waals surface area contributed by atoms with Gasteiger partial charge < -0.3 is 14.7 Å². The number of ether oxygens (including phenoxy) is 1. The van der Waals surface area contributed by atoms with Crippen LogP contribution in [-0.2, 0) is 24.3 Å². The quantitative estimate of drug-likeness (QED) is 0.249. The Hall–Kier alpha value is -3.25. The Balaban J connectivity index is 1.66. The Morgan fingerprint density at radius 3 is 2.34 bits per heavy atom. The first-order valence-corrected chi connectivity index (χ1v) is 16.3. The molecular weight excluding hydrogens is 637 g/mol. The molecule has 1 saturated carbocycles. The van der Waals surface area contributed by atoms with E-state index in [1.807, 2.05) is 0 Å². The molecule has 1 amide bonds. The number of hydrogen-bond donors (Lipinski definition) is 1. The molecule has 234 valence electrons. The van der Waals surface area contributed by atoms with Crippen LogP contribution in [0.1, 0.15) is 55.9 Å². The number of carboxylic acids is 1. The highest BCUT2D eigenvalue weighted by Crippen LogP contribution is 2.45. The Bertz CT molecular complexity index is 1660. The van der Waals surface area contributed by atoms with E-state index in [0.717, 1.165) is 16.4 Å². The van der Waals surface area contributed by atoms with E-state index < -0.39 is 69.5 Å². The van der Waals surface area contributed by atoms with Crippen LogP contribution in [0.2, 0.25) is 10.0 Å². The Morgan fingerprint density at radius 2 is 1.75 bits per heavy atom. The first-order chi connectivity index (χ1) is 20.9. The molecule has 3 aromatic carbocycles. The summed E-state index contributed by atoms with van der Waals surface area (Å²) < 4.78 is 63.5. The minimum Gasteiger partial charge on any atom is -0.481 e. The van der Waals surface area contributed by atoms with Gasteiger partial charge in [0, 0.05) is 16.1 Å². The fourth-order valence-corrected chi connectivity index (χ4v) is 7.79. The van der Waals surface area contributed by atoms with Crippen molar-refractivity contribution in [3.8, 4) is 0 Å². The number of benzene rings is 3. The normalized spacial score (nSPS) is 21.2. The molecule has 2 fully saturated rings. The van der Waals surface area contributed by atoms with E-state index in [1.54, 1.807) is 55.5 Å². The highest BCUT2D eigenvalue weighted by Gasteiger charge is 2.49. The minimum absolute atomic E-state index is 0.206. The molecule has 44 heavy (non-hydrogen) atoms. The zero-order chi connectivity index (χ0) is 31.8. The average molecular weight is 668 g/mol. The Labute approximate surface area is 264 Å². The maximum atomic E-state index is 15.2. The maximum absolute atomic E-state index is 15.2. The van der Waals surface area contributed by atoms with Crippen LogP contribution in [0.5, 0.6) is 0 Å². The number of carbonyl (C=O) groups excluding carboxylic acids is 1. The van der Waals surface area contributed by atoms with E-state index >= 15 is 4.39 Å². The molecule has 2 aliphatic rings. The third-order valence-corrected chi connectivity index (χ3v) is 10.6. The number of rotatable bonds is 11. The lowest BCUT2D eigenvalue weighted by atomic mass is 9.89. The lowest BCUT2D eigenvalue weighted by molar-refractivity contribution is -0.183. The van der Waals surface area contributed by atoms with Gasteiger partial charge in [0.15, 0.2) is 0 Å². The van der Waals surface area contributed by atoms with Crippen molar-refractivity contribution in [2.24, 2.45) is 0 Å². The van der Waals surface area contributed by atoms with Gasteiger partial charge in [-0.15, -0.1) is 0 Å². The number of aliphatic carboxylic acids is 1. The Kier molecular flexibility index (Phi) is 9.50. The molecule has 3 aromatic rings. The molecule has 1 heterocycles. The van der Waals surface area contributed by atoms with Crippen LogP contribution in [0.4, 0.5) is 14.5 Å². The number of halogens is 4. The van der Waals surface area contributed by atoms with Crippen LogP contribution in [-0.4, -0.2) is 54.2 Å². The van der Waals surface area contributed by atoms with Crippen LogP contribution < -0.4 is 4.31 Å². The van der Waals surface area contributed by atoms with E-state index in [0.29, 0.717) is 40.1 Å². The van der Waals surface area contributed by atoms with E-state index in [2.05, 4.69) is 0 Å². The van der Waals surface area contributed by atoms with Crippen molar-refractivity contribution in [2.75, 3.05) is 10.8 Å². The molecule has 1 saturated heterocycles. The highest BCUT2D eigenvalue weighted by molar-refractivity contribution is 7.93. The van der Waals surface area contributed by atoms with E-state index in [1.165, 1.54) is 4.90 Å². The van der Waals surface area contributed by atoms with Crippen molar-refractivity contribution in [3.63, 3.8) is 0 Å². The third-order valence-electron chi connectivity index (χ3n) is 7.85. The number of morpholine rings is 1. The van der Waals surface area contributed by atoms with Crippen molar-refractivity contribution >= 4 is 50.8 Å². The molecule has 4 atom stereocenters. The predicted molar refractivity (Wildman–Crippen MR) is 162 cm³/mol. The van der Waals surface area contributed by atoms with Gasteiger partial charge in [0.25, 0.3) is 5.91 Å². The van der Waals surface area contributed by atoms with Gasteiger partial charge in [-0.1, -0.05) is 54.4 Å². The monoisotopic (exact) mass is 666 g/mol. The van der Waals surface area contributed by atoms with Crippen molar-refractivity contribution in [3.05, 3.63) is 99.5 Å². The Morgan fingerprint density at radius 1 is 1.05 bits per heavy atom. The van der Waals surface area contributed by atoms with Gasteiger partial charge in [-0.2, -0.15) is 0 Å². The molecule has 0 spiro atoms. The first-order valence-electron chi connectivity index (χ1n) is 14.1. The molecule has 1 aliphatic carbocycles. The smallest absolute Gasteiger partial charge is 0.306 e. The molecule has 1 N–H and O–H groups in total. The maximum Gasteiger partial charge on any atom is 0.306 e. The largest absolute Gasteiger partial charge is 0.481 e. The number of sulfonamides is 1. The summed E-state index contributed by atoms with van der Waals surface area (Å²) in [7, 11) is -4.10. The summed E-state index contributed by atoms with van der Waals surface area (Å²) in [6.07, 6.45) is -1.99. The molecule has 1 unspecified atom stereocenters. The van der Waals surface area contributed by atoms with Crippen LogP contribution in [0.3, 0.4) is 0 Å². The van der Waals surface area contributed by atoms with Crippen LogP contribution in [0.25, 0.3) is 0 Å². The summed E-state index contributed by atoms with van der Waals surface area (Å²) in [5, 5.41) is 9.74. The second-order valence-electron chi connectivity index (χ2n) is 10.9. The van der Waals surface area contributed by atoms with Gasteiger partial charge in [-0.3, -0.25) is 13.9 Å². The van der Waals surface area contributed by atoms with Gasteiger partial charge in [0.05, 0.1) is 36.0 Å². The van der Waals surface area contributed by atoms with E-state index in [-0.39, 0.29) is 18.7 Å². The first kappa shape index (κ1) is 32.2. The molecule has 1 aliphatic heterocycles. The lowest BCUT2D eigenvalue weighted by Crippen LogP contribution is -2.58. The summed E-state index contributed by atoms with van der Waals surface area (Å²) in [4.78, 5) is 27.5. The van der Waals surface area contributed by atoms with Crippen LogP contribution in [0, 0.1) is 11.6 Å². The SMILES string of the molecule is CCC(CN(c1ccc(F)cc1F)S(=O)(=O)C1CC1)N1C(=O)[C@@H](CC(=O)O)O[C@H](c2cccc(Cl)c2)[C@H]1c1ccc(Cl)cc1. The van der Waals surface area contributed by atoms with E-state index in [4.69, 9.17) is 27.9 Å². The van der Waals surface area contributed by atoms with Crippen molar-refractivity contribution < 1.29 is 36.6 Å². The van der Waals surface area contributed by atoms with Crippen molar-refractivity contribution in [1.29, 1.82) is 0 Å². The second-order valence-corrected chi connectivity index (χ2v) is 13.9. The van der Waals surface area contributed by atoms with Gasteiger partial charge in [-0.05, 0) is 66.8 Å². The van der Waals surface area contributed by atoms with Gasteiger partial charge in [0.2, 0.25) is 10.0 Å². The molecule has 0 radical (unpaired) electrons. The zero-order valence-corrected chi connectivity index (χ0v) is 25.9. The van der Waals surface area contributed by atoms with E-state index in [9.17, 15) is 27.5 Å². The van der Waals surface area contributed by atoms with Crippen molar-refractivity contribution in [2.45, 2.75) is 62.1 Å². The fourth-order valence-electron chi connectivity index (χ4n) is 5.57. The summed E-state index contributed by atoms with van der Waals surface area (Å²) in [5.41, 5.74) is 0.811. The minimum atomic E-state index is -4.10. The average Bonchev–Trinajstić information content (AvgIpc) is 3.82. The number of carboxylic acid groups (broad SMARTS) is 1. The standard InChI is InChI=1S/C31H30Cl2F2N2O6S/c1-2-23(17-36(44(41,42)24-11-12-24)26-13-10-22(34)15-25(26)35)37-29(18-6-8-20(32)9-7-18)30(19-4-3-5-21(33)14-19)43-27(31(37)40)16-28(38)39/h3-10,13-15,23-24,27,29-30H,2,11-12,16-17H2,1H3,(H,38,39)/t23?,27-,29-,30-/m1/s1. The number of nitrogens with zero attached hydrogens (tertiary/aromatic N) is 2. The van der Waals surface area contributed by atoms with Gasteiger partial charge in [-0.25, -0.2) is 17.2 Å². The molecule has 0 aromatic heterocycles. The fraction of sp³-hybridized carbons (Fsp3) is 0.355. The molecule has 13 heteroatoms. The highest BCUT2D eigenvalue weighted by atomic mass is 35.5. The molecule has 5 rings (SSSR count). The summed E-state index contributed by atoms with van der Waals surface area (Å²) >= 11 is 12.5. The number of hydrogen-bond acceptors (Lipinski definition) is 5. The predicted octanol–water partition coefficient (Wildman–Crippen LogP) is 6.53. The summed E-state index contributed by atoms with van der Waals surface area (Å²) in [6.45, 7) is 1.38. The van der Waals surface area contributed by atoms with Crippen LogP contribution >= 0.6 is 23.2 Å². The number of amides is 1. The number of carbonyl (C=O) groups is 2. The van der Waals surface area contributed by atoms with Gasteiger partial charge in [0.1, 0.15) is 23.8 Å². The molecule has 8 nitrogen and oxygen atoms in total. The van der Waals surface area contributed by atoms with Crippen LogP contribution in [0.15, 0.2) is 66.7 Å². The summed E-state index contributed by atoms with van der Waals surface area (Å²) in [6, 6.07) is 14.3. The lowest BCUT2D eigenvalue weighted by Gasteiger charge is -2.48. The summed E-state index contributed by atoms with van der Waals surface area (Å²) in [5.74, 6) is -3.86. The van der Waals surface area contributed by atoms with Crippen molar-refractivity contribution in [1.82, 2.24) is 4.90 Å².